The third-order valence-corrected chi connectivity index (χ3v) is 4.50. The number of rotatable bonds is 2. The van der Waals surface area contributed by atoms with Gasteiger partial charge in [0.05, 0.1) is 12.2 Å². The molecule has 5 heteroatoms. The zero-order valence-corrected chi connectivity index (χ0v) is 13.9. The van der Waals surface area contributed by atoms with E-state index in [4.69, 9.17) is 4.74 Å². The minimum atomic E-state index is -0.483. The predicted molar refractivity (Wildman–Crippen MR) is 84.9 cm³/mol. The molecule has 3 rings (SSSR count). The predicted octanol–water partition coefficient (Wildman–Crippen LogP) is 2.99. The minimum Gasteiger partial charge on any atom is -0.455 e. The Morgan fingerprint density at radius 3 is 2.68 bits per heavy atom. The summed E-state index contributed by atoms with van der Waals surface area (Å²) in [6, 6.07) is 0. The van der Waals surface area contributed by atoms with Gasteiger partial charge in [0.1, 0.15) is 5.60 Å². The second-order valence-electron chi connectivity index (χ2n) is 7.45. The maximum atomic E-state index is 12.6. The molecule has 0 spiro atoms. The molecule has 1 fully saturated rings. The maximum Gasteiger partial charge on any atom is 0.359 e. The summed E-state index contributed by atoms with van der Waals surface area (Å²) in [4.78, 5) is 12.6. The van der Waals surface area contributed by atoms with Gasteiger partial charge in [-0.1, -0.05) is 19.3 Å². The summed E-state index contributed by atoms with van der Waals surface area (Å²) < 4.78 is 7.61. The summed E-state index contributed by atoms with van der Waals surface area (Å²) >= 11 is 0. The van der Waals surface area contributed by atoms with Gasteiger partial charge in [-0.2, -0.15) is 5.10 Å². The van der Waals surface area contributed by atoms with Crippen LogP contribution in [-0.2, 0) is 17.8 Å². The summed E-state index contributed by atoms with van der Waals surface area (Å²) in [5, 5.41) is 8.02. The van der Waals surface area contributed by atoms with E-state index in [0.29, 0.717) is 11.6 Å². The van der Waals surface area contributed by atoms with E-state index in [9.17, 15) is 4.79 Å². The van der Waals surface area contributed by atoms with E-state index in [0.717, 1.165) is 38.0 Å². The fraction of sp³-hybridized carbons (Fsp3) is 0.765. The normalized spacial score (nSPS) is 19.8. The number of carbonyl (C=O) groups is 1. The zero-order chi connectivity index (χ0) is 15.7. The third-order valence-electron chi connectivity index (χ3n) is 4.50. The average molecular weight is 305 g/mol. The van der Waals surface area contributed by atoms with E-state index in [1.165, 1.54) is 25.0 Å². The number of carbonyl (C=O) groups excluding carboxylic acids is 1. The van der Waals surface area contributed by atoms with E-state index in [2.05, 4.69) is 10.4 Å². The molecule has 1 aromatic heterocycles. The number of esters is 1. The molecule has 2 aliphatic rings. The molecule has 0 amide bonds. The Kier molecular flexibility index (Phi) is 4.26. The average Bonchev–Trinajstić information content (AvgIpc) is 2.86. The molecule has 1 aromatic rings. The van der Waals surface area contributed by atoms with Crippen LogP contribution in [0.25, 0.3) is 0 Å². The molecule has 0 saturated heterocycles. The summed E-state index contributed by atoms with van der Waals surface area (Å²) in [7, 11) is 0. The first-order valence-corrected chi connectivity index (χ1v) is 8.49. The number of ether oxygens (including phenoxy) is 1. The lowest BCUT2D eigenvalue weighted by Gasteiger charge is -2.25. The molecule has 0 unspecified atom stereocenters. The van der Waals surface area contributed by atoms with Gasteiger partial charge in [0.25, 0.3) is 0 Å². The van der Waals surface area contributed by atoms with E-state index in [-0.39, 0.29) is 5.97 Å². The molecule has 0 bridgehead atoms. The number of fused-ring (bicyclic) bond motifs is 1. The Morgan fingerprint density at radius 2 is 2.00 bits per heavy atom. The Morgan fingerprint density at radius 1 is 1.27 bits per heavy atom. The van der Waals surface area contributed by atoms with Gasteiger partial charge in [-0.05, 0) is 39.5 Å². The highest BCUT2D eigenvalue weighted by atomic mass is 16.6. The molecule has 22 heavy (non-hydrogen) atoms. The largest absolute Gasteiger partial charge is 0.455 e. The van der Waals surface area contributed by atoms with Crippen LogP contribution in [0.1, 0.15) is 80.5 Å². The van der Waals surface area contributed by atoms with Crippen LogP contribution in [0.15, 0.2) is 0 Å². The molecule has 1 aliphatic heterocycles. The van der Waals surface area contributed by atoms with Crippen molar-refractivity contribution in [3.63, 3.8) is 0 Å². The van der Waals surface area contributed by atoms with Gasteiger partial charge in [-0.25, -0.2) is 4.79 Å². The van der Waals surface area contributed by atoms with Gasteiger partial charge in [0.15, 0.2) is 5.69 Å². The molecule has 5 nitrogen and oxygen atoms in total. The van der Waals surface area contributed by atoms with E-state index >= 15 is 0 Å². The van der Waals surface area contributed by atoms with Gasteiger partial charge in [-0.15, -0.1) is 0 Å². The monoisotopic (exact) mass is 305 g/mol. The van der Waals surface area contributed by atoms with Gasteiger partial charge < -0.3 is 10.1 Å². The van der Waals surface area contributed by atoms with Crippen molar-refractivity contribution in [1.29, 1.82) is 0 Å². The highest BCUT2D eigenvalue weighted by Gasteiger charge is 2.32. The molecular formula is C17H27N3O2. The summed E-state index contributed by atoms with van der Waals surface area (Å²) in [6.45, 7) is 8.26. The van der Waals surface area contributed by atoms with E-state index < -0.39 is 5.60 Å². The number of hydrogen-bond donors (Lipinski definition) is 1. The molecular weight excluding hydrogens is 278 g/mol. The zero-order valence-electron chi connectivity index (χ0n) is 13.9. The van der Waals surface area contributed by atoms with Gasteiger partial charge in [0, 0.05) is 18.7 Å². The van der Waals surface area contributed by atoms with Crippen LogP contribution in [-0.4, -0.2) is 27.9 Å². The Bertz CT molecular complexity index is 551. The van der Waals surface area contributed by atoms with Crippen molar-refractivity contribution in [3.8, 4) is 0 Å². The lowest BCUT2D eigenvalue weighted by atomic mass is 9.82. The first-order chi connectivity index (χ1) is 10.5. The molecule has 1 saturated carbocycles. The summed E-state index contributed by atoms with van der Waals surface area (Å²) in [5.41, 5.74) is 2.42. The minimum absolute atomic E-state index is 0.269. The number of nitrogens with zero attached hydrogens (tertiary/aromatic N) is 2. The summed E-state index contributed by atoms with van der Waals surface area (Å²) in [6.07, 6.45) is 6.12. The number of aromatic nitrogens is 2. The Balaban J connectivity index is 1.97. The summed E-state index contributed by atoms with van der Waals surface area (Å²) in [5.74, 6) is 0.190. The first-order valence-electron chi connectivity index (χ1n) is 8.49. The van der Waals surface area contributed by atoms with Crippen molar-refractivity contribution >= 4 is 5.97 Å². The highest BCUT2D eigenvalue weighted by molar-refractivity contribution is 5.89. The number of nitrogens with one attached hydrogen (secondary N) is 1. The standard InChI is InChI=1S/C17H27N3O2/c1-17(2,3)22-16(21)15-14(12-7-5-4-6-8-12)13-11-18-9-10-20(13)19-15/h12,18H,4-11H2,1-3H3. The maximum absolute atomic E-state index is 12.6. The Labute approximate surface area is 132 Å². The molecule has 1 N–H and O–H groups in total. The SMILES string of the molecule is CC(C)(C)OC(=O)c1nn2c(c1C1CCCCC1)CNCC2. The van der Waals surface area contributed by atoms with Crippen molar-refractivity contribution in [2.75, 3.05) is 6.54 Å². The fourth-order valence-corrected chi connectivity index (χ4v) is 3.57. The van der Waals surface area contributed by atoms with Crippen LogP contribution in [0, 0.1) is 0 Å². The van der Waals surface area contributed by atoms with Crippen molar-refractivity contribution in [2.24, 2.45) is 0 Å². The van der Waals surface area contributed by atoms with Crippen molar-refractivity contribution in [3.05, 3.63) is 17.0 Å². The molecule has 0 radical (unpaired) electrons. The molecule has 1 aliphatic carbocycles. The second-order valence-corrected chi connectivity index (χ2v) is 7.45. The van der Waals surface area contributed by atoms with E-state index in [1.54, 1.807) is 0 Å². The first kappa shape index (κ1) is 15.5. The van der Waals surface area contributed by atoms with Gasteiger partial charge in [0.2, 0.25) is 0 Å². The van der Waals surface area contributed by atoms with Crippen LogP contribution in [0.2, 0.25) is 0 Å². The lowest BCUT2D eigenvalue weighted by Crippen LogP contribution is -2.29. The second kappa shape index (κ2) is 6.03. The van der Waals surface area contributed by atoms with Crippen molar-refractivity contribution < 1.29 is 9.53 Å². The quantitative estimate of drug-likeness (QED) is 0.853. The Hall–Kier alpha value is -1.36. The molecule has 2 heterocycles. The fourth-order valence-electron chi connectivity index (χ4n) is 3.57. The van der Waals surface area contributed by atoms with Gasteiger partial charge >= 0.3 is 5.97 Å². The van der Waals surface area contributed by atoms with Crippen LogP contribution in [0.5, 0.6) is 0 Å². The van der Waals surface area contributed by atoms with Crippen LogP contribution >= 0.6 is 0 Å². The topological polar surface area (TPSA) is 56.1 Å². The van der Waals surface area contributed by atoms with Crippen molar-refractivity contribution in [1.82, 2.24) is 15.1 Å². The molecule has 0 atom stereocenters. The van der Waals surface area contributed by atoms with Crippen molar-refractivity contribution in [2.45, 2.75) is 77.5 Å². The third kappa shape index (κ3) is 3.19. The van der Waals surface area contributed by atoms with Gasteiger partial charge in [-0.3, -0.25) is 4.68 Å². The van der Waals surface area contributed by atoms with Crippen LogP contribution in [0.4, 0.5) is 0 Å². The smallest absolute Gasteiger partial charge is 0.359 e. The highest BCUT2D eigenvalue weighted by Crippen LogP contribution is 2.37. The van der Waals surface area contributed by atoms with Crippen LogP contribution in [0.3, 0.4) is 0 Å². The number of hydrogen-bond acceptors (Lipinski definition) is 4. The molecule has 0 aromatic carbocycles. The van der Waals surface area contributed by atoms with Crippen LogP contribution < -0.4 is 5.32 Å². The lowest BCUT2D eigenvalue weighted by molar-refractivity contribution is 0.00599. The molecule has 122 valence electrons. The van der Waals surface area contributed by atoms with E-state index in [1.807, 2.05) is 25.5 Å².